The van der Waals surface area contributed by atoms with E-state index in [4.69, 9.17) is 4.74 Å². The second-order valence-corrected chi connectivity index (χ2v) is 8.42. The highest BCUT2D eigenvalue weighted by Crippen LogP contribution is 2.45. The van der Waals surface area contributed by atoms with Gasteiger partial charge in [-0.3, -0.25) is 0 Å². The Hall–Kier alpha value is -2.57. The van der Waals surface area contributed by atoms with Crippen LogP contribution in [0.25, 0.3) is 22.1 Å². The Labute approximate surface area is 157 Å². The third-order valence-corrected chi connectivity index (χ3v) is 6.19. The quantitative estimate of drug-likeness (QED) is 0.732. The predicted octanol–water partition coefficient (Wildman–Crippen LogP) is 3.92. The molecule has 3 aromatic rings. The molecule has 2 N–H and O–H groups in total. The molecular formula is C20H25N5O2. The molecule has 7 nitrogen and oxygen atoms in total. The van der Waals surface area contributed by atoms with Crippen molar-refractivity contribution in [2.24, 2.45) is 5.41 Å². The molecule has 0 unspecified atom stereocenters. The van der Waals surface area contributed by atoms with E-state index < -0.39 is 0 Å². The maximum atomic E-state index is 12.0. The summed E-state index contributed by atoms with van der Waals surface area (Å²) in [7, 11) is 0. The molecule has 3 aromatic heterocycles. The Morgan fingerprint density at radius 1 is 1.33 bits per heavy atom. The number of hydrogen-bond acceptors (Lipinski definition) is 4. The summed E-state index contributed by atoms with van der Waals surface area (Å²) in [5, 5.41) is 4.16. The van der Waals surface area contributed by atoms with Crippen LogP contribution in [-0.2, 0) is 4.74 Å². The van der Waals surface area contributed by atoms with Crippen LogP contribution >= 0.6 is 0 Å². The molecule has 1 amide bonds. The molecule has 0 aliphatic heterocycles. The third kappa shape index (κ3) is 3.15. The monoisotopic (exact) mass is 367 g/mol. The first-order chi connectivity index (χ1) is 13.1. The lowest BCUT2D eigenvalue weighted by Crippen LogP contribution is -2.38. The fourth-order valence-corrected chi connectivity index (χ4v) is 4.11. The van der Waals surface area contributed by atoms with Gasteiger partial charge in [0.15, 0.2) is 0 Å². The lowest BCUT2D eigenvalue weighted by molar-refractivity contribution is 0.118. The highest BCUT2D eigenvalue weighted by atomic mass is 16.5. The summed E-state index contributed by atoms with van der Waals surface area (Å²) in [5.41, 5.74) is 3.21. The van der Waals surface area contributed by atoms with E-state index >= 15 is 0 Å². The van der Waals surface area contributed by atoms with Gasteiger partial charge in [-0.1, -0.05) is 6.92 Å². The van der Waals surface area contributed by atoms with Crippen molar-refractivity contribution in [3.63, 3.8) is 0 Å². The normalized spacial score (nSPS) is 24.2. The zero-order chi connectivity index (χ0) is 18.4. The number of carbonyl (C=O) groups excluding carboxylic acids is 1. The number of fused-ring (bicyclic) bond motifs is 3. The Bertz CT molecular complexity index is 979. The topological polar surface area (TPSA) is 84.8 Å². The molecule has 2 aliphatic carbocycles. The van der Waals surface area contributed by atoms with Crippen LogP contribution in [0.1, 0.15) is 51.5 Å². The summed E-state index contributed by atoms with van der Waals surface area (Å²) in [4.78, 5) is 24.2. The highest BCUT2D eigenvalue weighted by molar-refractivity contribution is 6.00. The summed E-state index contributed by atoms with van der Waals surface area (Å²) in [6.07, 6.45) is 11.7. The van der Waals surface area contributed by atoms with Crippen LogP contribution in [0.4, 0.5) is 4.79 Å². The van der Waals surface area contributed by atoms with Gasteiger partial charge in [-0.05, 0) is 44.6 Å². The average molecular weight is 367 g/mol. The summed E-state index contributed by atoms with van der Waals surface area (Å²) in [6, 6.07) is 2.66. The molecule has 7 heteroatoms. The molecular weight excluding hydrogens is 342 g/mol. The second-order valence-electron chi connectivity index (χ2n) is 8.42. The molecule has 142 valence electrons. The summed E-state index contributed by atoms with van der Waals surface area (Å²) in [6.45, 7) is 2.70. The van der Waals surface area contributed by atoms with E-state index in [2.05, 4.69) is 37.8 Å². The number of amides is 1. The molecule has 0 spiro atoms. The highest BCUT2D eigenvalue weighted by Gasteiger charge is 2.38. The number of aromatic nitrogens is 4. The molecule has 0 radical (unpaired) electrons. The molecule has 2 aliphatic rings. The van der Waals surface area contributed by atoms with Crippen molar-refractivity contribution in [3.05, 3.63) is 24.8 Å². The van der Waals surface area contributed by atoms with Crippen LogP contribution in [0.15, 0.2) is 24.8 Å². The minimum atomic E-state index is -0.264. The van der Waals surface area contributed by atoms with E-state index in [0.29, 0.717) is 12.6 Å². The fraction of sp³-hybridized carbons (Fsp3) is 0.550. The van der Waals surface area contributed by atoms with Crippen molar-refractivity contribution in [2.75, 3.05) is 6.61 Å². The van der Waals surface area contributed by atoms with Crippen LogP contribution in [0, 0.1) is 5.41 Å². The SMILES string of the molecule is CC1(COC(=O)NC2CCC(n3cnc4cnc5[nH]ccc5c43)CC2)CC1. The number of hydrogen-bond donors (Lipinski definition) is 2. The first-order valence-corrected chi connectivity index (χ1v) is 9.83. The number of alkyl carbamates (subject to hydrolysis) is 1. The Morgan fingerprint density at radius 2 is 2.15 bits per heavy atom. The Balaban J connectivity index is 1.23. The predicted molar refractivity (Wildman–Crippen MR) is 103 cm³/mol. The maximum Gasteiger partial charge on any atom is 0.407 e. The molecule has 2 fully saturated rings. The molecule has 0 atom stereocenters. The van der Waals surface area contributed by atoms with Crippen LogP contribution in [-0.4, -0.2) is 38.3 Å². The van der Waals surface area contributed by atoms with Gasteiger partial charge in [0.25, 0.3) is 0 Å². The first-order valence-electron chi connectivity index (χ1n) is 9.83. The molecule has 2 saturated carbocycles. The summed E-state index contributed by atoms with van der Waals surface area (Å²) < 4.78 is 7.68. The number of nitrogens with one attached hydrogen (secondary N) is 2. The molecule has 0 saturated heterocycles. The van der Waals surface area contributed by atoms with Crippen molar-refractivity contribution in [1.29, 1.82) is 0 Å². The van der Waals surface area contributed by atoms with Crippen molar-refractivity contribution < 1.29 is 9.53 Å². The standard InChI is InChI=1S/C20H25N5O2/c1-20(7-8-20)11-27-19(26)24-13-2-4-14(5-3-13)25-12-23-16-10-22-18-15(17(16)25)6-9-21-18/h6,9-10,12-14H,2-5,7-8,11H2,1H3,(H,21,22)(H,24,26). The van der Waals surface area contributed by atoms with Crippen LogP contribution in [0.3, 0.4) is 0 Å². The van der Waals surface area contributed by atoms with Gasteiger partial charge < -0.3 is 19.6 Å². The zero-order valence-corrected chi connectivity index (χ0v) is 15.6. The van der Waals surface area contributed by atoms with Gasteiger partial charge in [-0.15, -0.1) is 0 Å². The number of ether oxygens (including phenoxy) is 1. The van der Waals surface area contributed by atoms with Crippen LogP contribution in [0.5, 0.6) is 0 Å². The minimum absolute atomic E-state index is 0.199. The molecule has 0 bridgehead atoms. The summed E-state index contributed by atoms with van der Waals surface area (Å²) in [5.74, 6) is 0. The first kappa shape index (κ1) is 16.6. The smallest absolute Gasteiger partial charge is 0.407 e. The van der Waals surface area contributed by atoms with Gasteiger partial charge in [0, 0.05) is 29.1 Å². The Morgan fingerprint density at radius 3 is 2.93 bits per heavy atom. The van der Waals surface area contributed by atoms with E-state index in [1.54, 1.807) is 0 Å². The van der Waals surface area contributed by atoms with E-state index in [9.17, 15) is 4.79 Å². The van der Waals surface area contributed by atoms with E-state index in [1.807, 2.05) is 18.7 Å². The molecule has 3 heterocycles. The number of H-pyrrole nitrogens is 1. The fourth-order valence-electron chi connectivity index (χ4n) is 4.11. The van der Waals surface area contributed by atoms with Gasteiger partial charge in [0.05, 0.1) is 24.6 Å². The van der Waals surface area contributed by atoms with Crippen molar-refractivity contribution >= 4 is 28.2 Å². The number of aromatic amines is 1. The lowest BCUT2D eigenvalue weighted by Gasteiger charge is -2.30. The van der Waals surface area contributed by atoms with Gasteiger partial charge in [-0.25, -0.2) is 14.8 Å². The van der Waals surface area contributed by atoms with Gasteiger partial charge in [-0.2, -0.15) is 0 Å². The zero-order valence-electron chi connectivity index (χ0n) is 15.6. The van der Waals surface area contributed by atoms with Crippen molar-refractivity contribution in [3.8, 4) is 0 Å². The van der Waals surface area contributed by atoms with Gasteiger partial charge >= 0.3 is 6.09 Å². The Kier molecular flexibility index (Phi) is 3.84. The van der Waals surface area contributed by atoms with E-state index in [-0.39, 0.29) is 17.6 Å². The van der Waals surface area contributed by atoms with Gasteiger partial charge in [0.1, 0.15) is 11.2 Å². The number of imidazole rings is 1. The van der Waals surface area contributed by atoms with E-state index in [0.717, 1.165) is 60.6 Å². The van der Waals surface area contributed by atoms with Crippen molar-refractivity contribution in [1.82, 2.24) is 24.8 Å². The molecule has 27 heavy (non-hydrogen) atoms. The number of nitrogens with zero attached hydrogens (tertiary/aromatic N) is 3. The second kappa shape index (κ2) is 6.25. The third-order valence-electron chi connectivity index (χ3n) is 6.19. The van der Waals surface area contributed by atoms with E-state index in [1.165, 1.54) is 0 Å². The van der Waals surface area contributed by atoms with Gasteiger partial charge in [0.2, 0.25) is 0 Å². The number of rotatable bonds is 4. The average Bonchev–Trinajstić information content (AvgIpc) is 3.08. The van der Waals surface area contributed by atoms with Crippen LogP contribution < -0.4 is 5.32 Å². The number of carbonyl (C=O) groups is 1. The number of pyridine rings is 1. The lowest BCUT2D eigenvalue weighted by atomic mass is 9.91. The largest absolute Gasteiger partial charge is 0.449 e. The van der Waals surface area contributed by atoms with Crippen molar-refractivity contribution in [2.45, 2.75) is 57.5 Å². The summed E-state index contributed by atoms with van der Waals surface area (Å²) >= 11 is 0. The molecule has 5 rings (SSSR count). The molecule has 0 aromatic carbocycles. The van der Waals surface area contributed by atoms with Crippen LogP contribution in [0.2, 0.25) is 0 Å². The minimum Gasteiger partial charge on any atom is -0.449 e. The maximum absolute atomic E-state index is 12.0.